The van der Waals surface area contributed by atoms with Gasteiger partial charge in [0.1, 0.15) is 0 Å². The van der Waals surface area contributed by atoms with Gasteiger partial charge in [0.05, 0.1) is 11.9 Å². The second-order valence-electron chi connectivity index (χ2n) is 7.29. The summed E-state index contributed by atoms with van der Waals surface area (Å²) in [5, 5.41) is 6.68. The van der Waals surface area contributed by atoms with Crippen LogP contribution in [0.3, 0.4) is 0 Å². The van der Waals surface area contributed by atoms with Crippen LogP contribution in [0.1, 0.15) is 32.6 Å². The minimum Gasteiger partial charge on any atom is -0.378 e. The fraction of sp³-hybridized carbons (Fsp3) is 0.941. The number of ether oxygens (including phenoxy) is 1. The number of hydrogen-bond donors (Lipinski definition) is 2. The van der Waals surface area contributed by atoms with Crippen LogP contribution < -0.4 is 10.6 Å². The summed E-state index contributed by atoms with van der Waals surface area (Å²) in [6.45, 7) is 4.45. The van der Waals surface area contributed by atoms with Gasteiger partial charge in [0.25, 0.3) is 0 Å². The van der Waals surface area contributed by atoms with E-state index in [1.165, 1.54) is 19.3 Å². The lowest BCUT2D eigenvalue weighted by Crippen LogP contribution is -2.68. The van der Waals surface area contributed by atoms with E-state index in [4.69, 9.17) is 4.74 Å². The summed E-state index contributed by atoms with van der Waals surface area (Å²) in [7, 11) is -1.45. The van der Waals surface area contributed by atoms with Gasteiger partial charge in [0.2, 0.25) is 10.0 Å². The van der Waals surface area contributed by atoms with Crippen molar-refractivity contribution in [2.24, 2.45) is 10.4 Å². The molecule has 1 heterocycles. The van der Waals surface area contributed by atoms with Crippen molar-refractivity contribution in [3.63, 3.8) is 0 Å². The minimum absolute atomic E-state index is 0.107. The molecule has 9 heteroatoms. The molecular formula is C17H32N4O3S2. The first kappa shape index (κ1) is 20.2. The molecule has 0 amide bonds. The molecule has 2 atom stereocenters. The Morgan fingerprint density at radius 1 is 1.35 bits per heavy atom. The van der Waals surface area contributed by atoms with Crippen LogP contribution in [0.15, 0.2) is 4.99 Å². The topological polar surface area (TPSA) is 83.0 Å². The lowest BCUT2D eigenvalue weighted by molar-refractivity contribution is -0.168. The molecule has 0 aromatic carbocycles. The fourth-order valence-electron chi connectivity index (χ4n) is 4.25. The van der Waals surface area contributed by atoms with E-state index >= 15 is 0 Å². The highest BCUT2D eigenvalue weighted by molar-refractivity contribution is 7.99. The summed E-state index contributed by atoms with van der Waals surface area (Å²) in [6, 6.07) is 0.370. The molecule has 7 nitrogen and oxygen atoms in total. The number of rotatable bonds is 7. The van der Waals surface area contributed by atoms with Gasteiger partial charge in [-0.2, -0.15) is 11.8 Å². The Kier molecular flexibility index (Phi) is 6.74. The van der Waals surface area contributed by atoms with Crippen LogP contribution in [0.5, 0.6) is 0 Å². The third kappa shape index (κ3) is 4.15. The van der Waals surface area contributed by atoms with E-state index in [0.717, 1.165) is 24.5 Å². The summed E-state index contributed by atoms with van der Waals surface area (Å²) in [5.41, 5.74) is 0.255. The van der Waals surface area contributed by atoms with E-state index in [1.807, 2.05) is 11.8 Å². The highest BCUT2D eigenvalue weighted by atomic mass is 32.2. The van der Waals surface area contributed by atoms with Crippen LogP contribution in [0.25, 0.3) is 0 Å². The van der Waals surface area contributed by atoms with Crippen molar-refractivity contribution in [1.29, 1.82) is 0 Å². The summed E-state index contributed by atoms with van der Waals surface area (Å²) in [6.07, 6.45) is 5.02. The average Bonchev–Trinajstić information content (AvgIpc) is 2.58. The van der Waals surface area contributed by atoms with Crippen LogP contribution in [0.4, 0.5) is 0 Å². The largest absolute Gasteiger partial charge is 0.378 e. The molecule has 2 N–H and O–H groups in total. The molecule has 150 valence electrons. The molecule has 3 rings (SSSR count). The SMILES string of the molecule is CCOC1CC(NC(=NC)NCCS(=O)(=O)N2CCSCC2)C12CCC2. The van der Waals surface area contributed by atoms with Gasteiger partial charge >= 0.3 is 0 Å². The molecule has 1 saturated heterocycles. The summed E-state index contributed by atoms with van der Waals surface area (Å²) < 4.78 is 32.3. The molecule has 2 aliphatic carbocycles. The van der Waals surface area contributed by atoms with Gasteiger partial charge in [-0.1, -0.05) is 6.42 Å². The zero-order valence-corrected chi connectivity index (χ0v) is 17.5. The number of aliphatic imine (C=N–C) groups is 1. The van der Waals surface area contributed by atoms with E-state index in [-0.39, 0.29) is 11.2 Å². The molecule has 0 bridgehead atoms. The predicted octanol–water partition coefficient (Wildman–Crippen LogP) is 0.878. The van der Waals surface area contributed by atoms with Crippen LogP contribution in [0, 0.1) is 5.41 Å². The predicted molar refractivity (Wildman–Crippen MR) is 107 cm³/mol. The second kappa shape index (κ2) is 8.67. The monoisotopic (exact) mass is 404 g/mol. The van der Waals surface area contributed by atoms with Crippen molar-refractivity contribution < 1.29 is 13.2 Å². The normalized spacial score (nSPS) is 29.1. The van der Waals surface area contributed by atoms with E-state index in [9.17, 15) is 8.42 Å². The first-order chi connectivity index (χ1) is 12.5. The molecule has 26 heavy (non-hydrogen) atoms. The van der Waals surface area contributed by atoms with E-state index in [1.54, 1.807) is 11.4 Å². The zero-order chi connectivity index (χ0) is 18.6. The van der Waals surface area contributed by atoms with Crippen LogP contribution >= 0.6 is 11.8 Å². The Hall–Kier alpha value is -0.510. The molecule has 2 unspecified atom stereocenters. The molecule has 2 saturated carbocycles. The molecule has 0 aromatic rings. The van der Waals surface area contributed by atoms with E-state index in [2.05, 4.69) is 22.5 Å². The van der Waals surface area contributed by atoms with Gasteiger partial charge in [-0.15, -0.1) is 0 Å². The number of nitrogens with one attached hydrogen (secondary N) is 2. The van der Waals surface area contributed by atoms with Crippen molar-refractivity contribution in [3.05, 3.63) is 0 Å². The second-order valence-corrected chi connectivity index (χ2v) is 10.6. The van der Waals surface area contributed by atoms with Crippen molar-refractivity contribution in [3.8, 4) is 0 Å². The van der Waals surface area contributed by atoms with E-state index < -0.39 is 10.0 Å². The Balaban J connectivity index is 1.45. The van der Waals surface area contributed by atoms with Gasteiger partial charge in [-0.25, -0.2) is 12.7 Å². The molecule has 1 aliphatic heterocycles. The lowest BCUT2D eigenvalue weighted by Gasteiger charge is -2.61. The number of thioether (sulfide) groups is 1. The van der Waals surface area contributed by atoms with Crippen molar-refractivity contribution in [2.75, 3.05) is 50.5 Å². The maximum absolute atomic E-state index is 12.4. The van der Waals surface area contributed by atoms with Gasteiger partial charge in [0.15, 0.2) is 5.96 Å². The maximum Gasteiger partial charge on any atom is 0.215 e. The first-order valence-corrected chi connectivity index (χ1v) is 12.4. The molecule has 0 radical (unpaired) electrons. The smallest absolute Gasteiger partial charge is 0.215 e. The fourth-order valence-corrected chi connectivity index (χ4v) is 6.74. The third-order valence-electron chi connectivity index (χ3n) is 5.99. The van der Waals surface area contributed by atoms with Gasteiger partial charge in [0, 0.05) is 56.3 Å². The number of sulfonamides is 1. The number of hydrogen-bond acceptors (Lipinski definition) is 5. The van der Waals surface area contributed by atoms with Crippen molar-refractivity contribution in [2.45, 2.75) is 44.8 Å². The lowest BCUT2D eigenvalue weighted by atomic mass is 9.51. The Morgan fingerprint density at radius 3 is 2.65 bits per heavy atom. The third-order valence-corrected chi connectivity index (χ3v) is 8.80. The summed E-state index contributed by atoms with van der Waals surface area (Å²) >= 11 is 1.81. The Bertz CT molecular complexity index is 601. The highest BCUT2D eigenvalue weighted by Gasteiger charge is 2.59. The van der Waals surface area contributed by atoms with Crippen LogP contribution in [-0.2, 0) is 14.8 Å². The quantitative estimate of drug-likeness (QED) is 0.484. The first-order valence-electron chi connectivity index (χ1n) is 9.66. The Morgan fingerprint density at radius 2 is 2.08 bits per heavy atom. The molecule has 3 aliphatic rings. The van der Waals surface area contributed by atoms with Gasteiger partial charge in [-0.3, -0.25) is 4.99 Å². The van der Waals surface area contributed by atoms with E-state index in [0.29, 0.717) is 37.7 Å². The van der Waals surface area contributed by atoms with Gasteiger partial charge in [-0.05, 0) is 26.2 Å². The van der Waals surface area contributed by atoms with Crippen molar-refractivity contribution >= 4 is 27.7 Å². The van der Waals surface area contributed by atoms with Crippen molar-refractivity contribution in [1.82, 2.24) is 14.9 Å². The Labute approximate surface area is 161 Å². The minimum atomic E-state index is -3.18. The number of guanidine groups is 1. The van der Waals surface area contributed by atoms with Crippen LogP contribution in [0.2, 0.25) is 0 Å². The zero-order valence-electron chi connectivity index (χ0n) is 15.9. The summed E-state index contributed by atoms with van der Waals surface area (Å²) in [4.78, 5) is 4.28. The molecular weight excluding hydrogens is 372 g/mol. The highest BCUT2D eigenvalue weighted by Crippen LogP contribution is 2.57. The van der Waals surface area contributed by atoms with Crippen LogP contribution in [-0.4, -0.2) is 81.4 Å². The molecule has 0 aromatic heterocycles. The molecule has 1 spiro atoms. The standard InChI is InChI=1S/C17H32N4O3S2/c1-3-24-15-13-14(17(15)5-4-6-17)20-16(18-2)19-7-12-26(22,23)21-8-10-25-11-9-21/h14-15H,3-13H2,1-2H3,(H2,18,19,20). The maximum atomic E-state index is 12.4. The molecule has 3 fully saturated rings. The number of nitrogens with zero attached hydrogens (tertiary/aromatic N) is 2. The average molecular weight is 405 g/mol. The van der Waals surface area contributed by atoms with Gasteiger partial charge < -0.3 is 15.4 Å². The summed E-state index contributed by atoms with van der Waals surface area (Å²) in [5.74, 6) is 2.58.